The van der Waals surface area contributed by atoms with E-state index in [-0.39, 0.29) is 5.91 Å². The molecule has 1 aromatic heterocycles. The van der Waals surface area contributed by atoms with Gasteiger partial charge in [-0.3, -0.25) is 14.4 Å². The van der Waals surface area contributed by atoms with Crippen molar-refractivity contribution in [2.75, 3.05) is 45.6 Å². The molecule has 3 aromatic rings. The summed E-state index contributed by atoms with van der Waals surface area (Å²) in [6.45, 7) is 7.87. The fourth-order valence-corrected chi connectivity index (χ4v) is 6.23. The number of hydrogen-bond acceptors (Lipinski definition) is 6. The summed E-state index contributed by atoms with van der Waals surface area (Å²) in [4.78, 5) is 13.6. The summed E-state index contributed by atoms with van der Waals surface area (Å²) >= 11 is 6.55. The molecule has 1 amide bonds. The Hall–Kier alpha value is -3.20. The maximum absolute atomic E-state index is 12.4. The Labute approximate surface area is 252 Å². The summed E-state index contributed by atoms with van der Waals surface area (Å²) in [5.41, 5.74) is 6.14. The first-order valence-corrected chi connectivity index (χ1v) is 16.4. The van der Waals surface area contributed by atoms with Gasteiger partial charge in [-0.05, 0) is 36.2 Å². The van der Waals surface area contributed by atoms with Gasteiger partial charge in [0.15, 0.2) is 0 Å². The van der Waals surface area contributed by atoms with E-state index in [1.54, 1.807) is 0 Å². The van der Waals surface area contributed by atoms with Crippen molar-refractivity contribution >= 4 is 27.5 Å². The van der Waals surface area contributed by atoms with Crippen molar-refractivity contribution in [1.29, 1.82) is 0 Å². The summed E-state index contributed by atoms with van der Waals surface area (Å²) in [5.74, 6) is 6.30. The van der Waals surface area contributed by atoms with Crippen molar-refractivity contribution in [3.05, 3.63) is 75.4 Å². The van der Waals surface area contributed by atoms with Gasteiger partial charge in [-0.25, -0.2) is 8.42 Å². The molecule has 1 N–H and O–H groups in total. The van der Waals surface area contributed by atoms with Gasteiger partial charge in [0, 0.05) is 87.1 Å². The molecule has 2 aliphatic heterocycles. The third-order valence-electron chi connectivity index (χ3n) is 7.59. The van der Waals surface area contributed by atoms with Crippen molar-refractivity contribution < 1.29 is 17.9 Å². The number of amides is 1. The molecule has 0 saturated carbocycles. The van der Waals surface area contributed by atoms with Crippen LogP contribution in [0.2, 0.25) is 5.02 Å². The quantitative estimate of drug-likeness (QED) is 0.394. The number of sulfonamides is 1. The van der Waals surface area contributed by atoms with Gasteiger partial charge in [-0.1, -0.05) is 41.6 Å². The molecule has 222 valence electrons. The van der Waals surface area contributed by atoms with Crippen LogP contribution in [0.15, 0.2) is 42.5 Å². The molecule has 0 aliphatic carbocycles. The lowest BCUT2D eigenvalue weighted by Crippen LogP contribution is -2.37. The van der Waals surface area contributed by atoms with Gasteiger partial charge in [0.25, 0.3) is 0 Å². The molecule has 2 aliphatic rings. The summed E-state index contributed by atoms with van der Waals surface area (Å²) in [6, 6.07) is 13.4. The second-order valence-electron chi connectivity index (χ2n) is 10.7. The molecular weight excluding hydrogens is 574 g/mol. The number of nitrogens with zero attached hydrogens (tertiary/aromatic N) is 4. The van der Waals surface area contributed by atoms with Gasteiger partial charge in [0.2, 0.25) is 15.9 Å². The minimum Gasteiger partial charge on any atom is -0.379 e. The minimum absolute atomic E-state index is 0.0727. The van der Waals surface area contributed by atoms with Crippen LogP contribution in [-0.2, 0) is 45.6 Å². The highest BCUT2D eigenvalue weighted by Crippen LogP contribution is 2.33. The van der Waals surface area contributed by atoms with Crippen molar-refractivity contribution in [3.8, 4) is 23.1 Å². The fourth-order valence-electron chi connectivity index (χ4n) is 5.28. The number of nitrogens with one attached hydrogen (secondary N) is 1. The van der Waals surface area contributed by atoms with Gasteiger partial charge in [0.1, 0.15) is 0 Å². The molecule has 2 aromatic carbocycles. The number of aromatic nitrogens is 2. The lowest BCUT2D eigenvalue weighted by molar-refractivity contribution is -0.119. The fraction of sp³-hybridized carbons (Fsp3) is 0.419. The van der Waals surface area contributed by atoms with Crippen LogP contribution in [0.1, 0.15) is 41.3 Å². The molecule has 0 atom stereocenters. The van der Waals surface area contributed by atoms with Crippen LogP contribution in [-0.4, -0.2) is 79.0 Å². The van der Waals surface area contributed by atoms with Crippen LogP contribution < -0.4 is 5.32 Å². The highest BCUT2D eigenvalue weighted by atomic mass is 35.5. The lowest BCUT2D eigenvalue weighted by Gasteiger charge is -2.27. The van der Waals surface area contributed by atoms with E-state index in [0.29, 0.717) is 36.6 Å². The Morgan fingerprint density at radius 3 is 2.55 bits per heavy atom. The minimum atomic E-state index is -3.34. The number of carbonyl (C=O) groups excluding carboxylic acids is 1. The maximum atomic E-state index is 12.4. The van der Waals surface area contributed by atoms with Crippen molar-refractivity contribution in [3.63, 3.8) is 0 Å². The van der Waals surface area contributed by atoms with Gasteiger partial charge >= 0.3 is 0 Å². The van der Waals surface area contributed by atoms with E-state index in [1.165, 1.54) is 17.5 Å². The first-order valence-electron chi connectivity index (χ1n) is 14.2. The normalized spacial score (nSPS) is 16.0. The third kappa shape index (κ3) is 7.60. The van der Waals surface area contributed by atoms with Gasteiger partial charge in [-0.2, -0.15) is 9.40 Å². The molecule has 0 unspecified atom stereocenters. The number of halogens is 1. The van der Waals surface area contributed by atoms with Crippen molar-refractivity contribution in [2.24, 2.45) is 0 Å². The van der Waals surface area contributed by atoms with Crippen LogP contribution in [0.3, 0.4) is 0 Å². The SMILES string of the molecule is CC(=O)NCc1ccc(C#Cc2cc(-c3nn(CCCN4CCOCC4)c4c3CN(S(C)(=O)=O)CC4)ccc2Cl)cc1. The van der Waals surface area contributed by atoms with Crippen LogP contribution >= 0.6 is 11.6 Å². The highest BCUT2D eigenvalue weighted by molar-refractivity contribution is 7.88. The monoisotopic (exact) mass is 609 g/mol. The zero-order valence-electron chi connectivity index (χ0n) is 24.0. The predicted molar refractivity (Wildman–Crippen MR) is 163 cm³/mol. The molecule has 3 heterocycles. The Morgan fingerprint density at radius 2 is 1.83 bits per heavy atom. The van der Waals surface area contributed by atoms with E-state index in [0.717, 1.165) is 79.5 Å². The highest BCUT2D eigenvalue weighted by Gasteiger charge is 2.30. The summed E-state index contributed by atoms with van der Waals surface area (Å²) in [7, 11) is -3.34. The average Bonchev–Trinajstić information content (AvgIpc) is 3.34. The average molecular weight is 610 g/mol. The molecule has 0 radical (unpaired) electrons. The topological polar surface area (TPSA) is 96.8 Å². The maximum Gasteiger partial charge on any atom is 0.217 e. The second kappa shape index (κ2) is 13.4. The first-order chi connectivity index (χ1) is 20.2. The summed E-state index contributed by atoms with van der Waals surface area (Å²) in [5, 5.41) is 8.34. The summed E-state index contributed by atoms with van der Waals surface area (Å²) < 4.78 is 33.9. The lowest BCUT2D eigenvalue weighted by atomic mass is 10.0. The smallest absolute Gasteiger partial charge is 0.217 e. The van der Waals surface area contributed by atoms with Crippen LogP contribution in [0.25, 0.3) is 11.3 Å². The van der Waals surface area contributed by atoms with Crippen molar-refractivity contribution in [1.82, 2.24) is 24.3 Å². The van der Waals surface area contributed by atoms with Crippen LogP contribution in [0.5, 0.6) is 0 Å². The first kappa shape index (κ1) is 30.3. The number of aryl methyl sites for hydroxylation is 1. The third-order valence-corrected chi connectivity index (χ3v) is 9.17. The van der Waals surface area contributed by atoms with E-state index in [4.69, 9.17) is 21.4 Å². The van der Waals surface area contributed by atoms with Gasteiger partial charge < -0.3 is 10.1 Å². The Bertz CT molecular complexity index is 1600. The number of hydrogen-bond donors (Lipinski definition) is 1. The molecule has 1 saturated heterocycles. The van der Waals surface area contributed by atoms with Crippen LogP contribution in [0, 0.1) is 11.8 Å². The number of ether oxygens (including phenoxy) is 1. The summed E-state index contributed by atoms with van der Waals surface area (Å²) in [6.07, 6.45) is 2.82. The largest absolute Gasteiger partial charge is 0.379 e. The van der Waals surface area contributed by atoms with E-state index in [1.807, 2.05) is 42.5 Å². The number of carbonyl (C=O) groups is 1. The molecular formula is C31H36ClN5O4S. The molecule has 42 heavy (non-hydrogen) atoms. The van der Waals surface area contributed by atoms with Gasteiger partial charge in [0.05, 0.1) is 30.2 Å². The van der Waals surface area contributed by atoms with Crippen LogP contribution in [0.4, 0.5) is 0 Å². The number of morpholine rings is 1. The van der Waals surface area contributed by atoms with Gasteiger partial charge in [-0.15, -0.1) is 0 Å². The van der Waals surface area contributed by atoms with E-state index in [2.05, 4.69) is 26.7 Å². The van der Waals surface area contributed by atoms with E-state index < -0.39 is 10.0 Å². The number of benzene rings is 2. The van der Waals surface area contributed by atoms with E-state index >= 15 is 0 Å². The zero-order valence-corrected chi connectivity index (χ0v) is 25.6. The van der Waals surface area contributed by atoms with Crippen molar-refractivity contribution in [2.45, 2.75) is 39.4 Å². The predicted octanol–water partition coefficient (Wildman–Crippen LogP) is 3.28. The Kier molecular flexibility index (Phi) is 9.66. The Morgan fingerprint density at radius 1 is 1.07 bits per heavy atom. The van der Waals surface area contributed by atoms with E-state index in [9.17, 15) is 13.2 Å². The molecule has 11 heteroatoms. The zero-order chi connectivity index (χ0) is 29.7. The number of fused-ring (bicyclic) bond motifs is 1. The molecule has 0 bridgehead atoms. The molecule has 9 nitrogen and oxygen atoms in total. The Balaban J connectivity index is 1.40. The molecule has 1 fully saturated rings. The second-order valence-corrected chi connectivity index (χ2v) is 13.1. The number of rotatable bonds is 8. The molecule has 0 spiro atoms. The standard InChI is InChI=1S/C31H36ClN5O4S/c1-23(38)33-21-25-6-4-24(5-7-25)8-9-26-20-27(10-11-29(26)32)31-28-22-36(42(2,39)40)15-12-30(28)37(34-31)14-3-13-35-16-18-41-19-17-35/h4-7,10-11,20H,3,12-19,21-22H2,1-2H3,(H,33,38). The molecule has 5 rings (SSSR count).